The molecule has 7 nitrogen and oxygen atoms in total. The van der Waals surface area contributed by atoms with Crippen molar-refractivity contribution in [2.45, 2.75) is 19.4 Å². The average molecular weight is 378 g/mol. The van der Waals surface area contributed by atoms with E-state index < -0.39 is 5.54 Å². The number of rotatable bonds is 5. The molecule has 0 aliphatic carbocycles. The van der Waals surface area contributed by atoms with Crippen molar-refractivity contribution in [1.29, 1.82) is 0 Å². The quantitative estimate of drug-likeness (QED) is 0.477. The van der Waals surface area contributed by atoms with Crippen LogP contribution in [0, 0.1) is 0 Å². The smallest absolute Gasteiger partial charge is 0.320 e. The van der Waals surface area contributed by atoms with Crippen LogP contribution in [-0.4, -0.2) is 25.0 Å². The molecule has 2 aromatic heterocycles. The van der Waals surface area contributed by atoms with E-state index in [9.17, 15) is 5.11 Å². The van der Waals surface area contributed by atoms with Gasteiger partial charge in [0.05, 0.1) is 21.4 Å². The highest BCUT2D eigenvalue weighted by molar-refractivity contribution is 7.16. The molecule has 2 heterocycles. The number of hydrogen-bond acceptors (Lipinski definition) is 8. The largest absolute Gasteiger partial charge is 0.479 e. The van der Waals surface area contributed by atoms with Gasteiger partial charge in [-0.3, -0.25) is 0 Å². The van der Waals surface area contributed by atoms with E-state index in [2.05, 4.69) is 30.6 Å². The van der Waals surface area contributed by atoms with E-state index in [0.29, 0.717) is 0 Å². The van der Waals surface area contributed by atoms with Crippen molar-refractivity contribution in [1.82, 2.24) is 19.9 Å². The van der Waals surface area contributed by atoms with E-state index in [1.54, 1.807) is 16.8 Å². The third-order valence-corrected chi connectivity index (χ3v) is 4.94. The van der Waals surface area contributed by atoms with Crippen LogP contribution in [0.5, 0.6) is 6.01 Å². The molecule has 0 bridgehead atoms. The highest BCUT2D eigenvalue weighted by Crippen LogP contribution is 2.28. The Balaban J connectivity index is 1.63. The molecule has 0 aliphatic rings. The standard InChI is InChI=1S/C19H18N6OS/c1-19(2,12-7-4-3-5-8-12)25-17-22-16(23-18(26)24-17)21-13-9-6-10-14-15(13)20-11-27-14/h3-11H,1-2H3,(H3,21,22,23,24,25,26). The monoisotopic (exact) mass is 378 g/mol. The molecular weight excluding hydrogens is 360 g/mol. The SMILES string of the molecule is CC(C)(Nc1nc(O)nc(Nc2cccc3scnc23)n1)c1ccccc1. The van der Waals surface area contributed by atoms with Crippen molar-refractivity contribution >= 4 is 39.1 Å². The summed E-state index contributed by atoms with van der Waals surface area (Å²) >= 11 is 1.56. The topological polar surface area (TPSA) is 95.9 Å². The molecule has 27 heavy (non-hydrogen) atoms. The Morgan fingerprint density at radius 1 is 0.926 bits per heavy atom. The number of nitrogens with zero attached hydrogens (tertiary/aromatic N) is 4. The summed E-state index contributed by atoms with van der Waals surface area (Å²) in [6.07, 6.45) is 0. The summed E-state index contributed by atoms with van der Waals surface area (Å²) < 4.78 is 1.06. The molecule has 4 rings (SSSR count). The van der Waals surface area contributed by atoms with E-state index >= 15 is 0 Å². The molecule has 0 amide bonds. The second-order valence-electron chi connectivity index (χ2n) is 6.53. The van der Waals surface area contributed by atoms with Crippen LogP contribution < -0.4 is 10.6 Å². The molecular formula is C19H18N6OS. The lowest BCUT2D eigenvalue weighted by molar-refractivity contribution is 0.429. The van der Waals surface area contributed by atoms with Crippen LogP contribution in [0.15, 0.2) is 54.0 Å². The molecule has 0 atom stereocenters. The van der Waals surface area contributed by atoms with Crippen molar-refractivity contribution in [3.8, 4) is 6.01 Å². The molecule has 0 saturated heterocycles. The molecule has 0 saturated carbocycles. The molecule has 0 fully saturated rings. The lowest BCUT2D eigenvalue weighted by Gasteiger charge is -2.26. The Morgan fingerprint density at radius 3 is 2.52 bits per heavy atom. The predicted molar refractivity (Wildman–Crippen MR) is 107 cm³/mol. The van der Waals surface area contributed by atoms with E-state index in [4.69, 9.17) is 0 Å². The zero-order valence-corrected chi connectivity index (χ0v) is 15.7. The molecule has 8 heteroatoms. The molecule has 136 valence electrons. The Hall–Kier alpha value is -3.26. The number of aromatic nitrogens is 4. The molecule has 0 aliphatic heterocycles. The van der Waals surface area contributed by atoms with Gasteiger partial charge >= 0.3 is 6.01 Å². The van der Waals surface area contributed by atoms with E-state index in [-0.39, 0.29) is 17.9 Å². The van der Waals surface area contributed by atoms with Crippen LogP contribution in [0.25, 0.3) is 10.2 Å². The van der Waals surface area contributed by atoms with Gasteiger partial charge in [0.15, 0.2) is 0 Å². The van der Waals surface area contributed by atoms with Crippen LogP contribution in [0.1, 0.15) is 19.4 Å². The lowest BCUT2D eigenvalue weighted by atomic mass is 9.95. The summed E-state index contributed by atoms with van der Waals surface area (Å²) in [4.78, 5) is 16.8. The first kappa shape index (κ1) is 17.2. The fourth-order valence-corrected chi connectivity index (χ4v) is 3.49. The number of aromatic hydroxyl groups is 1. The predicted octanol–water partition coefficient (Wildman–Crippen LogP) is 4.28. The van der Waals surface area contributed by atoms with Gasteiger partial charge in [-0.1, -0.05) is 36.4 Å². The number of benzene rings is 2. The van der Waals surface area contributed by atoms with Gasteiger partial charge < -0.3 is 15.7 Å². The zero-order valence-electron chi connectivity index (χ0n) is 14.8. The summed E-state index contributed by atoms with van der Waals surface area (Å²) in [6.45, 7) is 4.04. The molecule has 0 spiro atoms. The maximum absolute atomic E-state index is 9.96. The van der Waals surface area contributed by atoms with Crippen molar-refractivity contribution < 1.29 is 5.11 Å². The number of hydrogen-bond donors (Lipinski definition) is 3. The van der Waals surface area contributed by atoms with E-state index in [1.807, 2.05) is 62.4 Å². The first-order valence-electron chi connectivity index (χ1n) is 8.39. The molecule has 0 unspecified atom stereocenters. The van der Waals surface area contributed by atoms with E-state index in [0.717, 1.165) is 21.5 Å². The van der Waals surface area contributed by atoms with Crippen LogP contribution >= 0.6 is 11.3 Å². The van der Waals surface area contributed by atoms with Gasteiger partial charge in [-0.05, 0) is 31.5 Å². The van der Waals surface area contributed by atoms with Gasteiger partial charge in [-0.2, -0.15) is 15.0 Å². The maximum Gasteiger partial charge on any atom is 0.320 e. The normalized spacial score (nSPS) is 11.5. The molecule has 2 aromatic carbocycles. The number of nitrogens with one attached hydrogen (secondary N) is 2. The first-order chi connectivity index (χ1) is 13.0. The Morgan fingerprint density at radius 2 is 1.70 bits per heavy atom. The summed E-state index contributed by atoms with van der Waals surface area (Å²) in [6, 6.07) is 15.4. The number of para-hydroxylation sites is 1. The molecule has 3 N–H and O–H groups in total. The summed E-state index contributed by atoms with van der Waals surface area (Å²) in [7, 11) is 0. The molecule has 4 aromatic rings. The Kier molecular flexibility index (Phi) is 4.33. The number of anilines is 3. The van der Waals surface area contributed by atoms with Crippen LogP contribution in [0.4, 0.5) is 17.6 Å². The summed E-state index contributed by atoms with van der Waals surface area (Å²) in [5.74, 6) is 0.527. The van der Waals surface area contributed by atoms with Gasteiger partial charge in [0.2, 0.25) is 11.9 Å². The third-order valence-electron chi connectivity index (χ3n) is 4.15. The minimum absolute atomic E-state index is 0.245. The first-order valence-corrected chi connectivity index (χ1v) is 9.27. The van der Waals surface area contributed by atoms with Crippen molar-refractivity contribution in [2.75, 3.05) is 10.6 Å². The van der Waals surface area contributed by atoms with Crippen LogP contribution in [-0.2, 0) is 5.54 Å². The zero-order chi connectivity index (χ0) is 18.9. The second kappa shape index (κ2) is 6.81. The number of thiazole rings is 1. The van der Waals surface area contributed by atoms with Crippen molar-refractivity contribution in [2.24, 2.45) is 0 Å². The Labute approximate surface area is 160 Å². The highest BCUT2D eigenvalue weighted by Gasteiger charge is 2.22. The maximum atomic E-state index is 9.96. The fraction of sp³-hybridized carbons (Fsp3) is 0.158. The van der Waals surface area contributed by atoms with Crippen molar-refractivity contribution in [3.05, 3.63) is 59.6 Å². The highest BCUT2D eigenvalue weighted by atomic mass is 32.1. The van der Waals surface area contributed by atoms with Crippen LogP contribution in [0.3, 0.4) is 0 Å². The van der Waals surface area contributed by atoms with Gasteiger partial charge in [0, 0.05) is 0 Å². The van der Waals surface area contributed by atoms with Crippen molar-refractivity contribution in [3.63, 3.8) is 0 Å². The summed E-state index contributed by atoms with van der Waals surface area (Å²) in [5, 5.41) is 16.3. The van der Waals surface area contributed by atoms with Gasteiger partial charge in [-0.25, -0.2) is 4.98 Å². The second-order valence-corrected chi connectivity index (χ2v) is 7.41. The minimum atomic E-state index is -0.429. The number of fused-ring (bicyclic) bond motifs is 1. The van der Waals surface area contributed by atoms with Crippen LogP contribution in [0.2, 0.25) is 0 Å². The third kappa shape index (κ3) is 3.65. The van der Waals surface area contributed by atoms with Gasteiger partial charge in [0.25, 0.3) is 0 Å². The summed E-state index contributed by atoms with van der Waals surface area (Å²) in [5.41, 5.74) is 4.04. The lowest BCUT2D eigenvalue weighted by Crippen LogP contribution is -2.29. The van der Waals surface area contributed by atoms with E-state index in [1.165, 1.54) is 0 Å². The van der Waals surface area contributed by atoms with Gasteiger partial charge in [0.1, 0.15) is 5.52 Å². The average Bonchev–Trinajstić information content (AvgIpc) is 3.11. The minimum Gasteiger partial charge on any atom is -0.479 e. The molecule has 0 radical (unpaired) electrons. The fourth-order valence-electron chi connectivity index (χ4n) is 2.79. The van der Waals surface area contributed by atoms with Gasteiger partial charge in [-0.15, -0.1) is 11.3 Å². The Bertz CT molecular complexity index is 1080.